The van der Waals surface area contributed by atoms with Gasteiger partial charge in [0.15, 0.2) is 5.69 Å². The van der Waals surface area contributed by atoms with E-state index in [9.17, 15) is 9.90 Å². The van der Waals surface area contributed by atoms with Gasteiger partial charge in [-0.05, 0) is 19.1 Å². The molecule has 0 radical (unpaired) electrons. The van der Waals surface area contributed by atoms with Crippen LogP contribution in [-0.2, 0) is 4.74 Å². The smallest absolute Gasteiger partial charge is 0.274 e. The second-order valence-corrected chi connectivity index (χ2v) is 4.24. The number of carbonyl (C=O) groups is 1. The van der Waals surface area contributed by atoms with E-state index in [-0.39, 0.29) is 24.2 Å². The Bertz CT molecular complexity index is 423. The van der Waals surface area contributed by atoms with Crippen molar-refractivity contribution in [3.8, 4) is 0 Å². The van der Waals surface area contributed by atoms with Crippen LogP contribution in [0.4, 0.5) is 5.82 Å². The summed E-state index contributed by atoms with van der Waals surface area (Å²) in [5.41, 5.74) is 0.280. The number of aromatic nitrogens is 2. The Hall–Kier alpha value is -1.73. The van der Waals surface area contributed by atoms with Gasteiger partial charge in [-0.25, -0.2) is 0 Å². The molecular formula is C12H18N4O3. The molecule has 0 spiro atoms. The van der Waals surface area contributed by atoms with E-state index in [1.165, 1.54) is 0 Å². The Morgan fingerprint density at radius 3 is 3.05 bits per heavy atom. The van der Waals surface area contributed by atoms with Gasteiger partial charge in [-0.15, -0.1) is 10.2 Å². The van der Waals surface area contributed by atoms with Gasteiger partial charge in [0.05, 0.1) is 25.9 Å². The number of nitrogens with zero attached hydrogens (tertiary/aromatic N) is 3. The van der Waals surface area contributed by atoms with E-state index >= 15 is 0 Å². The van der Waals surface area contributed by atoms with E-state index in [2.05, 4.69) is 15.5 Å². The molecule has 0 aliphatic carbocycles. The van der Waals surface area contributed by atoms with Gasteiger partial charge >= 0.3 is 0 Å². The van der Waals surface area contributed by atoms with Gasteiger partial charge in [0.2, 0.25) is 0 Å². The van der Waals surface area contributed by atoms with Gasteiger partial charge in [-0.3, -0.25) is 4.79 Å². The van der Waals surface area contributed by atoms with Crippen molar-refractivity contribution in [3.05, 3.63) is 17.8 Å². The van der Waals surface area contributed by atoms with E-state index in [0.29, 0.717) is 25.6 Å². The minimum absolute atomic E-state index is 0.116. The van der Waals surface area contributed by atoms with E-state index in [1.807, 2.05) is 6.92 Å². The minimum atomic E-state index is -0.309. The number of aliphatic hydroxyl groups is 1. The number of rotatable bonds is 4. The largest absolute Gasteiger partial charge is 0.394 e. The number of hydrogen-bond donors (Lipinski definition) is 2. The van der Waals surface area contributed by atoms with Crippen LogP contribution in [0.3, 0.4) is 0 Å². The van der Waals surface area contributed by atoms with Crippen LogP contribution in [0, 0.1) is 0 Å². The van der Waals surface area contributed by atoms with E-state index in [4.69, 9.17) is 4.74 Å². The Morgan fingerprint density at radius 1 is 1.58 bits per heavy atom. The van der Waals surface area contributed by atoms with Crippen molar-refractivity contribution in [2.45, 2.75) is 13.0 Å². The quantitative estimate of drug-likeness (QED) is 0.781. The lowest BCUT2D eigenvalue weighted by Crippen LogP contribution is -2.50. The van der Waals surface area contributed by atoms with E-state index in [1.54, 1.807) is 17.0 Å². The lowest BCUT2D eigenvalue weighted by atomic mass is 10.2. The molecule has 1 aromatic rings. The second-order valence-electron chi connectivity index (χ2n) is 4.24. The first-order valence-corrected chi connectivity index (χ1v) is 6.33. The first kappa shape index (κ1) is 13.7. The third-order valence-electron chi connectivity index (χ3n) is 2.94. The lowest BCUT2D eigenvalue weighted by molar-refractivity contribution is -0.0187. The number of ether oxygens (including phenoxy) is 1. The Kier molecular flexibility index (Phi) is 4.64. The predicted molar refractivity (Wildman–Crippen MR) is 68.9 cm³/mol. The molecule has 1 atom stereocenters. The average Bonchev–Trinajstić information content (AvgIpc) is 2.47. The van der Waals surface area contributed by atoms with Crippen molar-refractivity contribution in [3.63, 3.8) is 0 Å². The van der Waals surface area contributed by atoms with Gasteiger partial charge in [0.1, 0.15) is 5.82 Å². The first-order chi connectivity index (χ1) is 9.26. The topological polar surface area (TPSA) is 87.6 Å². The van der Waals surface area contributed by atoms with E-state index in [0.717, 1.165) is 6.54 Å². The summed E-state index contributed by atoms with van der Waals surface area (Å²) in [6, 6.07) is 3.05. The fourth-order valence-electron chi connectivity index (χ4n) is 1.94. The summed E-state index contributed by atoms with van der Waals surface area (Å²) in [5.74, 6) is 0.414. The fourth-order valence-corrected chi connectivity index (χ4v) is 1.94. The molecule has 0 saturated carbocycles. The third-order valence-corrected chi connectivity index (χ3v) is 2.94. The maximum absolute atomic E-state index is 12.3. The number of hydrogen-bond acceptors (Lipinski definition) is 6. The molecule has 1 amide bonds. The maximum Gasteiger partial charge on any atom is 0.274 e. The summed E-state index contributed by atoms with van der Waals surface area (Å²) >= 11 is 0. The molecule has 2 heterocycles. The van der Waals surface area contributed by atoms with Gasteiger partial charge in [0, 0.05) is 13.1 Å². The van der Waals surface area contributed by atoms with Crippen LogP contribution in [0.15, 0.2) is 12.1 Å². The molecule has 7 heteroatoms. The zero-order chi connectivity index (χ0) is 13.7. The summed E-state index contributed by atoms with van der Waals surface area (Å²) in [6.07, 6.45) is 0. The number of nitrogens with one attached hydrogen (secondary N) is 1. The molecular weight excluding hydrogens is 248 g/mol. The van der Waals surface area contributed by atoms with Crippen LogP contribution in [0.1, 0.15) is 17.4 Å². The first-order valence-electron chi connectivity index (χ1n) is 6.33. The van der Waals surface area contributed by atoms with Crippen LogP contribution >= 0.6 is 0 Å². The Labute approximate surface area is 111 Å². The SMILES string of the molecule is CCNc1ccc(C(=O)N2CCOCC2CO)nn1. The number of carbonyl (C=O) groups excluding carboxylic acids is 1. The highest BCUT2D eigenvalue weighted by Gasteiger charge is 2.28. The van der Waals surface area contributed by atoms with E-state index < -0.39 is 0 Å². The van der Waals surface area contributed by atoms with Crippen LogP contribution < -0.4 is 5.32 Å². The zero-order valence-corrected chi connectivity index (χ0v) is 10.9. The highest BCUT2D eigenvalue weighted by molar-refractivity contribution is 5.92. The molecule has 1 aliphatic rings. The van der Waals surface area contributed by atoms with Crippen LogP contribution in [0.2, 0.25) is 0 Å². The molecule has 1 saturated heterocycles. The van der Waals surface area contributed by atoms with Crippen molar-refractivity contribution in [1.82, 2.24) is 15.1 Å². The molecule has 104 valence electrons. The number of morpholine rings is 1. The fraction of sp³-hybridized carbons (Fsp3) is 0.583. The molecule has 1 aromatic heterocycles. The number of anilines is 1. The van der Waals surface area contributed by atoms with Gasteiger partial charge in [-0.1, -0.05) is 0 Å². The summed E-state index contributed by atoms with van der Waals surface area (Å²) in [6.45, 7) is 3.88. The highest BCUT2D eigenvalue weighted by Crippen LogP contribution is 2.11. The summed E-state index contributed by atoms with van der Waals surface area (Å²) in [5, 5.41) is 20.1. The third kappa shape index (κ3) is 3.18. The minimum Gasteiger partial charge on any atom is -0.394 e. The zero-order valence-electron chi connectivity index (χ0n) is 10.9. The van der Waals surface area contributed by atoms with Crippen molar-refractivity contribution in [2.24, 2.45) is 0 Å². The summed E-state index contributed by atoms with van der Waals surface area (Å²) in [7, 11) is 0. The average molecular weight is 266 g/mol. The second kappa shape index (κ2) is 6.44. The Morgan fingerprint density at radius 2 is 2.42 bits per heavy atom. The van der Waals surface area contributed by atoms with Crippen molar-refractivity contribution in [1.29, 1.82) is 0 Å². The van der Waals surface area contributed by atoms with Gasteiger partial charge in [-0.2, -0.15) is 0 Å². The Balaban J connectivity index is 2.09. The summed E-state index contributed by atoms with van der Waals surface area (Å²) < 4.78 is 5.24. The summed E-state index contributed by atoms with van der Waals surface area (Å²) in [4.78, 5) is 13.9. The molecule has 1 aliphatic heterocycles. The number of aliphatic hydroxyl groups excluding tert-OH is 1. The monoisotopic (exact) mass is 266 g/mol. The molecule has 0 aromatic carbocycles. The standard InChI is InChI=1S/C12H18N4O3/c1-2-13-11-4-3-10(14-15-11)12(18)16-5-6-19-8-9(16)7-17/h3-4,9,17H,2,5-8H2,1H3,(H,13,15). The normalized spacial score (nSPS) is 19.3. The molecule has 7 nitrogen and oxygen atoms in total. The van der Waals surface area contributed by atoms with Crippen LogP contribution in [-0.4, -0.2) is 65.1 Å². The molecule has 0 bridgehead atoms. The van der Waals surface area contributed by atoms with Gasteiger partial charge < -0.3 is 20.1 Å². The molecule has 2 N–H and O–H groups in total. The molecule has 1 unspecified atom stereocenters. The van der Waals surface area contributed by atoms with Crippen molar-refractivity contribution < 1.29 is 14.6 Å². The predicted octanol–water partition coefficient (Wildman–Crippen LogP) is -0.258. The molecule has 1 fully saturated rings. The lowest BCUT2D eigenvalue weighted by Gasteiger charge is -2.34. The van der Waals surface area contributed by atoms with Crippen LogP contribution in [0.25, 0.3) is 0 Å². The number of amides is 1. The van der Waals surface area contributed by atoms with Gasteiger partial charge in [0.25, 0.3) is 5.91 Å². The van der Waals surface area contributed by atoms with Crippen molar-refractivity contribution in [2.75, 3.05) is 38.2 Å². The van der Waals surface area contributed by atoms with Crippen molar-refractivity contribution >= 4 is 11.7 Å². The molecule has 2 rings (SSSR count). The highest BCUT2D eigenvalue weighted by atomic mass is 16.5. The maximum atomic E-state index is 12.3. The van der Waals surface area contributed by atoms with Crippen LogP contribution in [0.5, 0.6) is 0 Å². The molecule has 19 heavy (non-hydrogen) atoms.